The average Bonchev–Trinajstić information content (AvgIpc) is 3.18. The number of aliphatic hydroxyl groups is 1. The number of amides is 1. The van der Waals surface area contributed by atoms with Crippen molar-refractivity contribution in [3.8, 4) is 23.0 Å². The summed E-state index contributed by atoms with van der Waals surface area (Å²) in [7, 11) is 4.40. The minimum Gasteiger partial charge on any atom is -0.507 e. The lowest BCUT2D eigenvalue weighted by Gasteiger charge is -2.26. The summed E-state index contributed by atoms with van der Waals surface area (Å²) in [5.74, 6) is -0.387. The van der Waals surface area contributed by atoms with E-state index in [9.17, 15) is 14.7 Å². The first-order valence-electron chi connectivity index (χ1n) is 11.8. The van der Waals surface area contributed by atoms with E-state index in [0.717, 1.165) is 0 Å². The molecule has 1 heterocycles. The van der Waals surface area contributed by atoms with Crippen molar-refractivity contribution in [2.24, 2.45) is 0 Å². The van der Waals surface area contributed by atoms with Gasteiger partial charge >= 0.3 is 0 Å². The highest BCUT2D eigenvalue weighted by atomic mass is 35.5. The molecule has 3 aromatic carbocycles. The van der Waals surface area contributed by atoms with E-state index in [1.807, 2.05) is 13.8 Å². The van der Waals surface area contributed by atoms with E-state index in [2.05, 4.69) is 0 Å². The predicted octanol–water partition coefficient (Wildman–Crippen LogP) is 5.78. The zero-order valence-corrected chi connectivity index (χ0v) is 22.4. The van der Waals surface area contributed by atoms with Crippen LogP contribution in [0.5, 0.6) is 23.0 Å². The van der Waals surface area contributed by atoms with Crippen LogP contribution in [0.3, 0.4) is 0 Å². The molecule has 1 fully saturated rings. The van der Waals surface area contributed by atoms with Crippen LogP contribution >= 0.6 is 11.6 Å². The number of ketones is 1. The Morgan fingerprint density at radius 3 is 2.18 bits per heavy atom. The third-order valence-electron chi connectivity index (χ3n) is 6.07. The fraction of sp³-hybridized carbons (Fsp3) is 0.241. The molecule has 0 aliphatic carbocycles. The molecule has 0 radical (unpaired) electrons. The van der Waals surface area contributed by atoms with Crippen LogP contribution in [-0.4, -0.2) is 44.2 Å². The van der Waals surface area contributed by atoms with Crippen LogP contribution < -0.4 is 23.8 Å². The van der Waals surface area contributed by atoms with Crippen molar-refractivity contribution < 1.29 is 33.6 Å². The molecule has 3 aromatic rings. The number of hydrogen-bond donors (Lipinski definition) is 1. The molecule has 1 aliphatic heterocycles. The van der Waals surface area contributed by atoms with Gasteiger partial charge in [0.15, 0.2) is 0 Å². The molecule has 4 rings (SSSR count). The van der Waals surface area contributed by atoms with Crippen molar-refractivity contribution in [1.82, 2.24) is 0 Å². The SMILES string of the molecule is COc1ccc(N2C(=O)C(=O)/C(=C(/O)c3cc(Cl)c(OC)cc3OC)C2c2cccc(OC(C)C)c2)cc1. The number of Topliss-reactive ketones (excluding diaryl/α,β-unsaturated/α-hetero) is 1. The van der Waals surface area contributed by atoms with Gasteiger partial charge in [0.05, 0.1) is 49.6 Å². The molecule has 1 amide bonds. The van der Waals surface area contributed by atoms with Crippen molar-refractivity contribution in [3.63, 3.8) is 0 Å². The summed E-state index contributed by atoms with van der Waals surface area (Å²) in [6.45, 7) is 3.80. The van der Waals surface area contributed by atoms with Crippen molar-refractivity contribution in [2.45, 2.75) is 26.0 Å². The average molecular weight is 538 g/mol. The van der Waals surface area contributed by atoms with Crippen molar-refractivity contribution in [2.75, 3.05) is 26.2 Å². The minimum absolute atomic E-state index is 0.0936. The van der Waals surface area contributed by atoms with Crippen LogP contribution in [0.1, 0.15) is 31.0 Å². The second-order valence-corrected chi connectivity index (χ2v) is 9.20. The first-order chi connectivity index (χ1) is 18.2. The maximum absolute atomic E-state index is 13.5. The lowest BCUT2D eigenvalue weighted by atomic mass is 9.94. The van der Waals surface area contributed by atoms with E-state index >= 15 is 0 Å². The minimum atomic E-state index is -0.968. The zero-order valence-electron chi connectivity index (χ0n) is 21.7. The zero-order chi connectivity index (χ0) is 27.6. The van der Waals surface area contributed by atoms with Gasteiger partial charge in [0.25, 0.3) is 11.7 Å². The Morgan fingerprint density at radius 1 is 0.895 bits per heavy atom. The van der Waals surface area contributed by atoms with Crippen LogP contribution in [0, 0.1) is 0 Å². The summed E-state index contributed by atoms with van der Waals surface area (Å²) in [6, 6.07) is 15.8. The van der Waals surface area contributed by atoms with Crippen LogP contribution in [0.15, 0.2) is 66.2 Å². The number of hydrogen-bond acceptors (Lipinski definition) is 7. The number of halogens is 1. The molecule has 1 aliphatic rings. The number of benzene rings is 3. The van der Waals surface area contributed by atoms with Crippen LogP contribution in [0.4, 0.5) is 5.69 Å². The second kappa shape index (κ2) is 11.1. The maximum atomic E-state index is 13.5. The molecule has 0 saturated carbocycles. The molecule has 0 aromatic heterocycles. The monoisotopic (exact) mass is 537 g/mol. The maximum Gasteiger partial charge on any atom is 0.300 e. The first kappa shape index (κ1) is 26.9. The molecule has 0 bridgehead atoms. The molecule has 1 N–H and O–H groups in total. The number of methoxy groups -OCH3 is 3. The van der Waals surface area contributed by atoms with Gasteiger partial charge in [-0.05, 0) is 61.9 Å². The van der Waals surface area contributed by atoms with Crippen molar-refractivity contribution in [3.05, 3.63) is 82.4 Å². The van der Waals surface area contributed by atoms with Crippen molar-refractivity contribution in [1.29, 1.82) is 0 Å². The van der Waals surface area contributed by atoms with Gasteiger partial charge in [0.2, 0.25) is 0 Å². The van der Waals surface area contributed by atoms with Gasteiger partial charge in [-0.25, -0.2) is 0 Å². The van der Waals surface area contributed by atoms with Gasteiger partial charge in [0, 0.05) is 11.8 Å². The lowest BCUT2D eigenvalue weighted by molar-refractivity contribution is -0.132. The van der Waals surface area contributed by atoms with E-state index in [0.29, 0.717) is 28.5 Å². The van der Waals surface area contributed by atoms with Gasteiger partial charge < -0.3 is 24.1 Å². The molecule has 1 atom stereocenters. The summed E-state index contributed by atoms with van der Waals surface area (Å²) in [4.78, 5) is 28.3. The van der Waals surface area contributed by atoms with E-state index in [4.69, 9.17) is 30.5 Å². The first-order valence-corrected chi connectivity index (χ1v) is 12.2. The Bertz CT molecular complexity index is 1400. The molecule has 1 unspecified atom stereocenters. The highest BCUT2D eigenvalue weighted by molar-refractivity contribution is 6.51. The number of carbonyl (C=O) groups is 2. The molecule has 38 heavy (non-hydrogen) atoms. The molecule has 0 spiro atoms. The summed E-state index contributed by atoms with van der Waals surface area (Å²) in [5.41, 5.74) is 1.04. The summed E-state index contributed by atoms with van der Waals surface area (Å²) in [6.07, 6.45) is -0.0936. The van der Waals surface area contributed by atoms with E-state index < -0.39 is 23.5 Å². The summed E-state index contributed by atoms with van der Waals surface area (Å²) in [5, 5.41) is 11.7. The lowest BCUT2D eigenvalue weighted by Crippen LogP contribution is -2.29. The van der Waals surface area contributed by atoms with E-state index in [1.165, 1.54) is 38.4 Å². The summed E-state index contributed by atoms with van der Waals surface area (Å²) >= 11 is 6.35. The molecule has 9 heteroatoms. The van der Waals surface area contributed by atoms with Gasteiger partial charge in [-0.2, -0.15) is 0 Å². The van der Waals surface area contributed by atoms with Crippen LogP contribution in [0.2, 0.25) is 5.02 Å². The smallest absolute Gasteiger partial charge is 0.300 e. The number of rotatable bonds is 8. The van der Waals surface area contributed by atoms with Crippen molar-refractivity contribution >= 4 is 34.7 Å². The van der Waals surface area contributed by atoms with Gasteiger partial charge in [-0.1, -0.05) is 23.7 Å². The largest absolute Gasteiger partial charge is 0.507 e. The Hall–Kier alpha value is -4.17. The second-order valence-electron chi connectivity index (χ2n) is 8.79. The van der Waals surface area contributed by atoms with Gasteiger partial charge in [0.1, 0.15) is 28.8 Å². The van der Waals surface area contributed by atoms with Gasteiger partial charge in [-0.3, -0.25) is 14.5 Å². The number of nitrogens with zero attached hydrogens (tertiary/aromatic N) is 1. The summed E-state index contributed by atoms with van der Waals surface area (Å²) < 4.78 is 21.8. The predicted molar refractivity (Wildman–Crippen MR) is 145 cm³/mol. The Kier molecular flexibility index (Phi) is 7.83. The molecule has 1 saturated heterocycles. The topological polar surface area (TPSA) is 94.5 Å². The highest BCUT2D eigenvalue weighted by Gasteiger charge is 2.47. The quantitative estimate of drug-likeness (QED) is 0.221. The van der Waals surface area contributed by atoms with Crippen LogP contribution in [0.25, 0.3) is 5.76 Å². The fourth-order valence-electron chi connectivity index (χ4n) is 4.38. The molecule has 198 valence electrons. The van der Waals surface area contributed by atoms with E-state index in [1.54, 1.807) is 48.5 Å². The van der Waals surface area contributed by atoms with E-state index in [-0.39, 0.29) is 28.0 Å². The number of ether oxygens (including phenoxy) is 4. The third kappa shape index (κ3) is 4.99. The number of anilines is 1. The Morgan fingerprint density at radius 2 is 1.58 bits per heavy atom. The normalized spacial score (nSPS) is 16.6. The highest BCUT2D eigenvalue weighted by Crippen LogP contribution is 2.45. The Balaban J connectivity index is 1.97. The number of carbonyl (C=O) groups excluding carboxylic acids is 2. The van der Waals surface area contributed by atoms with Gasteiger partial charge in [-0.15, -0.1) is 0 Å². The Labute approximate surface area is 225 Å². The molecular weight excluding hydrogens is 510 g/mol. The molecular formula is C29H28ClNO7. The number of aliphatic hydroxyl groups excluding tert-OH is 1. The van der Waals surface area contributed by atoms with Crippen LogP contribution in [-0.2, 0) is 9.59 Å². The third-order valence-corrected chi connectivity index (χ3v) is 6.37. The fourth-order valence-corrected chi connectivity index (χ4v) is 4.62. The molecule has 8 nitrogen and oxygen atoms in total. The standard InChI is InChI=1S/C29H28ClNO7/c1-16(2)38-20-8-6-7-17(13-20)26-25(27(32)21-14-22(30)24(37-5)15-23(21)36-4)28(33)29(34)31(26)18-9-11-19(35-3)12-10-18/h6-16,26,32H,1-5H3/b27-25+.